The van der Waals surface area contributed by atoms with E-state index in [2.05, 4.69) is 5.32 Å². The van der Waals surface area contributed by atoms with Crippen LogP contribution >= 0.6 is 0 Å². The van der Waals surface area contributed by atoms with Crippen LogP contribution in [0.5, 0.6) is 0 Å². The molecular formula is C15H14N2O4. The van der Waals surface area contributed by atoms with Gasteiger partial charge in [0.05, 0.1) is 10.5 Å². The standard InChI is InChI=1S/C15H14N2O4/c1-10-3-2-4-11(7-10)9-16-13-8-12(15(18)19)5-6-14(13)17(20)21/h2-8,16H,9H2,1H3,(H,18,19). The lowest BCUT2D eigenvalue weighted by Gasteiger charge is -2.08. The van der Waals surface area contributed by atoms with Gasteiger partial charge in [-0.05, 0) is 24.6 Å². The Morgan fingerprint density at radius 1 is 1.29 bits per heavy atom. The summed E-state index contributed by atoms with van der Waals surface area (Å²) in [5.74, 6) is -1.12. The molecule has 0 saturated heterocycles. The van der Waals surface area contributed by atoms with Gasteiger partial charge in [-0.1, -0.05) is 29.8 Å². The van der Waals surface area contributed by atoms with Crippen molar-refractivity contribution in [2.24, 2.45) is 0 Å². The predicted molar refractivity (Wildman–Crippen MR) is 78.6 cm³/mol. The van der Waals surface area contributed by atoms with Gasteiger partial charge in [-0.3, -0.25) is 10.1 Å². The fraction of sp³-hybridized carbons (Fsp3) is 0.133. The molecule has 0 saturated carbocycles. The third-order valence-electron chi connectivity index (χ3n) is 3.01. The molecule has 0 radical (unpaired) electrons. The molecule has 0 unspecified atom stereocenters. The zero-order chi connectivity index (χ0) is 15.4. The number of carboxylic acids is 1. The molecule has 0 heterocycles. The van der Waals surface area contributed by atoms with E-state index in [0.29, 0.717) is 6.54 Å². The molecule has 2 N–H and O–H groups in total. The average molecular weight is 286 g/mol. The second kappa shape index (κ2) is 6.04. The SMILES string of the molecule is Cc1cccc(CNc2cc(C(=O)O)ccc2[N+](=O)[O-])c1. The minimum absolute atomic E-state index is 0.00680. The van der Waals surface area contributed by atoms with Gasteiger partial charge in [-0.15, -0.1) is 0 Å². The number of nitro benzene ring substituents is 1. The molecule has 2 aromatic rings. The van der Waals surface area contributed by atoms with Crippen LogP contribution in [0.2, 0.25) is 0 Å². The van der Waals surface area contributed by atoms with Crippen LogP contribution in [0.4, 0.5) is 11.4 Å². The van der Waals surface area contributed by atoms with E-state index in [1.165, 1.54) is 18.2 Å². The first-order valence-electron chi connectivity index (χ1n) is 6.28. The van der Waals surface area contributed by atoms with E-state index < -0.39 is 10.9 Å². The summed E-state index contributed by atoms with van der Waals surface area (Å²) < 4.78 is 0. The summed E-state index contributed by atoms with van der Waals surface area (Å²) in [5, 5.41) is 22.9. The van der Waals surface area contributed by atoms with E-state index in [1.54, 1.807) is 0 Å². The monoisotopic (exact) mass is 286 g/mol. The van der Waals surface area contributed by atoms with Gasteiger partial charge >= 0.3 is 5.97 Å². The maximum Gasteiger partial charge on any atom is 0.335 e. The maximum absolute atomic E-state index is 11.0. The number of nitrogens with zero attached hydrogens (tertiary/aromatic N) is 1. The van der Waals surface area contributed by atoms with Crippen molar-refractivity contribution in [1.29, 1.82) is 0 Å². The minimum Gasteiger partial charge on any atom is -0.478 e. The molecule has 108 valence electrons. The van der Waals surface area contributed by atoms with Crippen LogP contribution in [0, 0.1) is 17.0 Å². The van der Waals surface area contributed by atoms with Gasteiger partial charge in [0, 0.05) is 12.6 Å². The van der Waals surface area contributed by atoms with Crippen molar-refractivity contribution >= 4 is 17.3 Å². The number of aromatic carboxylic acids is 1. The van der Waals surface area contributed by atoms with E-state index in [1.807, 2.05) is 31.2 Å². The van der Waals surface area contributed by atoms with E-state index in [0.717, 1.165) is 11.1 Å². The summed E-state index contributed by atoms with van der Waals surface area (Å²) >= 11 is 0. The Hall–Kier alpha value is -2.89. The lowest BCUT2D eigenvalue weighted by atomic mass is 10.1. The topological polar surface area (TPSA) is 92.5 Å². The van der Waals surface area contributed by atoms with Gasteiger partial charge in [-0.2, -0.15) is 0 Å². The van der Waals surface area contributed by atoms with Crippen molar-refractivity contribution in [3.63, 3.8) is 0 Å². The van der Waals surface area contributed by atoms with Gasteiger partial charge in [0.1, 0.15) is 5.69 Å². The van der Waals surface area contributed by atoms with E-state index in [4.69, 9.17) is 5.11 Å². The number of nitro groups is 1. The number of aryl methyl sites for hydroxylation is 1. The van der Waals surface area contributed by atoms with Crippen LogP contribution in [0.15, 0.2) is 42.5 Å². The Balaban J connectivity index is 2.26. The highest BCUT2D eigenvalue weighted by Crippen LogP contribution is 2.26. The molecule has 2 aromatic carbocycles. The molecule has 6 nitrogen and oxygen atoms in total. The molecule has 0 bridgehead atoms. The Kier molecular flexibility index (Phi) is 4.18. The number of hydrogen-bond donors (Lipinski definition) is 2. The minimum atomic E-state index is -1.12. The molecule has 0 amide bonds. The van der Waals surface area contributed by atoms with Crippen molar-refractivity contribution in [3.05, 3.63) is 69.3 Å². The molecule has 0 aliphatic carbocycles. The first-order valence-corrected chi connectivity index (χ1v) is 6.28. The largest absolute Gasteiger partial charge is 0.478 e. The first-order chi connectivity index (χ1) is 9.97. The number of hydrogen-bond acceptors (Lipinski definition) is 4. The summed E-state index contributed by atoms with van der Waals surface area (Å²) in [5.41, 5.74) is 2.11. The summed E-state index contributed by atoms with van der Waals surface area (Å²) in [4.78, 5) is 21.4. The van der Waals surface area contributed by atoms with Crippen LogP contribution in [-0.2, 0) is 6.54 Å². The highest BCUT2D eigenvalue weighted by Gasteiger charge is 2.16. The second-order valence-electron chi connectivity index (χ2n) is 4.64. The third-order valence-corrected chi connectivity index (χ3v) is 3.01. The smallest absolute Gasteiger partial charge is 0.335 e. The summed E-state index contributed by atoms with van der Waals surface area (Å²) in [6.45, 7) is 2.34. The van der Waals surface area contributed by atoms with E-state index in [9.17, 15) is 14.9 Å². The number of anilines is 1. The highest BCUT2D eigenvalue weighted by atomic mass is 16.6. The number of carboxylic acid groups (broad SMARTS) is 1. The maximum atomic E-state index is 11.0. The molecule has 0 aliphatic rings. The Morgan fingerprint density at radius 3 is 2.67 bits per heavy atom. The lowest BCUT2D eigenvalue weighted by molar-refractivity contribution is -0.384. The van der Waals surface area contributed by atoms with Crippen LogP contribution in [0.3, 0.4) is 0 Å². The van der Waals surface area contributed by atoms with Crippen LogP contribution in [0.25, 0.3) is 0 Å². The fourth-order valence-electron chi connectivity index (χ4n) is 1.99. The second-order valence-corrected chi connectivity index (χ2v) is 4.64. The molecule has 0 fully saturated rings. The molecule has 21 heavy (non-hydrogen) atoms. The van der Waals surface area contributed by atoms with Crippen molar-refractivity contribution in [2.45, 2.75) is 13.5 Å². The van der Waals surface area contributed by atoms with Gasteiger partial charge < -0.3 is 10.4 Å². The van der Waals surface area contributed by atoms with Crippen molar-refractivity contribution in [3.8, 4) is 0 Å². The molecular weight excluding hydrogens is 272 g/mol. The quantitative estimate of drug-likeness (QED) is 0.650. The molecule has 6 heteroatoms. The molecule has 0 aromatic heterocycles. The fourth-order valence-corrected chi connectivity index (χ4v) is 1.99. The number of nitrogens with one attached hydrogen (secondary N) is 1. The number of carbonyl (C=O) groups is 1. The van der Waals surface area contributed by atoms with Gasteiger partial charge in [0.2, 0.25) is 0 Å². The van der Waals surface area contributed by atoms with Gasteiger partial charge in [0.15, 0.2) is 0 Å². The van der Waals surface area contributed by atoms with Crippen molar-refractivity contribution in [2.75, 3.05) is 5.32 Å². The number of rotatable bonds is 5. The molecule has 0 atom stereocenters. The third kappa shape index (κ3) is 3.56. The van der Waals surface area contributed by atoms with Crippen LogP contribution < -0.4 is 5.32 Å². The Bertz CT molecular complexity index is 698. The van der Waals surface area contributed by atoms with Gasteiger partial charge in [0.25, 0.3) is 5.69 Å². The van der Waals surface area contributed by atoms with Gasteiger partial charge in [-0.25, -0.2) is 4.79 Å². The molecule has 0 spiro atoms. The van der Waals surface area contributed by atoms with Crippen LogP contribution in [-0.4, -0.2) is 16.0 Å². The predicted octanol–water partition coefficient (Wildman–Crippen LogP) is 3.21. The molecule has 0 aliphatic heterocycles. The zero-order valence-electron chi connectivity index (χ0n) is 11.4. The highest BCUT2D eigenvalue weighted by molar-refractivity contribution is 5.90. The summed E-state index contributed by atoms with van der Waals surface area (Å²) in [6, 6.07) is 11.4. The van der Waals surface area contributed by atoms with E-state index >= 15 is 0 Å². The van der Waals surface area contributed by atoms with Crippen LogP contribution in [0.1, 0.15) is 21.5 Å². The zero-order valence-corrected chi connectivity index (χ0v) is 11.4. The normalized spacial score (nSPS) is 10.1. The summed E-state index contributed by atoms with van der Waals surface area (Å²) in [7, 11) is 0. The van der Waals surface area contributed by atoms with E-state index in [-0.39, 0.29) is 16.9 Å². The first kappa shape index (κ1) is 14.5. The average Bonchev–Trinajstić information content (AvgIpc) is 2.44. The lowest BCUT2D eigenvalue weighted by Crippen LogP contribution is -2.05. The summed E-state index contributed by atoms with van der Waals surface area (Å²) in [6.07, 6.45) is 0. The Morgan fingerprint density at radius 2 is 2.05 bits per heavy atom. The van der Waals surface area contributed by atoms with Crippen molar-refractivity contribution in [1.82, 2.24) is 0 Å². The Labute approximate surface area is 121 Å². The van der Waals surface area contributed by atoms with Crippen molar-refractivity contribution < 1.29 is 14.8 Å². The number of benzene rings is 2. The molecule has 2 rings (SSSR count).